The fourth-order valence-corrected chi connectivity index (χ4v) is 1.53. The molecule has 0 radical (unpaired) electrons. The lowest BCUT2D eigenvalue weighted by atomic mass is 10.1. The minimum absolute atomic E-state index is 0.106. The van der Waals surface area contributed by atoms with Gasteiger partial charge in [0.1, 0.15) is 5.75 Å². The van der Waals surface area contributed by atoms with E-state index in [9.17, 15) is 9.59 Å². The van der Waals surface area contributed by atoms with Gasteiger partial charge < -0.3 is 15.2 Å². The zero-order valence-electron chi connectivity index (χ0n) is 10.6. The molecule has 100 valence electrons. The van der Waals surface area contributed by atoms with Gasteiger partial charge in [-0.1, -0.05) is 5.92 Å². The Bertz CT molecular complexity index is 534. The Morgan fingerprint density at radius 2 is 2.21 bits per heavy atom. The zero-order chi connectivity index (χ0) is 14.4. The number of hydrogen-bond donors (Lipinski definition) is 2. The summed E-state index contributed by atoms with van der Waals surface area (Å²) in [6, 6.07) is 4.44. The number of methoxy groups -OCH3 is 1. The van der Waals surface area contributed by atoms with Crippen LogP contribution >= 0.6 is 0 Å². The maximum Gasteiger partial charge on any atom is 0.412 e. The van der Waals surface area contributed by atoms with Gasteiger partial charge in [0.25, 0.3) is 5.91 Å². The van der Waals surface area contributed by atoms with Crippen LogP contribution in [0, 0.1) is 12.3 Å². The lowest BCUT2D eigenvalue weighted by Gasteiger charge is -2.19. The molecule has 0 saturated heterocycles. The standard InChI is InChI=1S/C13H14N2O4/c1-4-7-15(13(17)18)10-6-5-9(12(16)14-2)8-11(10)19-3/h1,5-6,8H,7H2,2-3H3,(H,14,16)(H,17,18). The van der Waals surface area contributed by atoms with Crippen LogP contribution in [0.15, 0.2) is 18.2 Å². The molecule has 0 fully saturated rings. The fourth-order valence-electron chi connectivity index (χ4n) is 1.53. The topological polar surface area (TPSA) is 78.9 Å². The van der Waals surface area contributed by atoms with Crippen LogP contribution in [0.2, 0.25) is 0 Å². The Morgan fingerprint density at radius 1 is 1.53 bits per heavy atom. The first kappa shape index (κ1) is 14.4. The van der Waals surface area contributed by atoms with E-state index in [1.165, 1.54) is 32.4 Å². The van der Waals surface area contributed by atoms with Gasteiger partial charge in [0.2, 0.25) is 0 Å². The molecule has 0 heterocycles. The first-order valence-corrected chi connectivity index (χ1v) is 5.39. The van der Waals surface area contributed by atoms with Crippen molar-refractivity contribution in [2.24, 2.45) is 0 Å². The van der Waals surface area contributed by atoms with E-state index in [0.29, 0.717) is 11.3 Å². The van der Waals surface area contributed by atoms with E-state index < -0.39 is 6.09 Å². The number of hydrogen-bond acceptors (Lipinski definition) is 3. The average molecular weight is 262 g/mol. The Morgan fingerprint density at radius 3 is 2.68 bits per heavy atom. The molecule has 0 aliphatic carbocycles. The summed E-state index contributed by atoms with van der Waals surface area (Å²) in [7, 11) is 2.90. The second-order valence-corrected chi connectivity index (χ2v) is 3.54. The number of nitrogens with one attached hydrogen (secondary N) is 1. The van der Waals surface area contributed by atoms with Gasteiger partial charge in [0.05, 0.1) is 19.3 Å². The summed E-state index contributed by atoms with van der Waals surface area (Å²) in [5.74, 6) is 2.23. The fraction of sp³-hybridized carbons (Fsp3) is 0.231. The Labute approximate surface area is 111 Å². The smallest absolute Gasteiger partial charge is 0.412 e. The minimum Gasteiger partial charge on any atom is -0.495 e. The molecule has 2 N–H and O–H groups in total. The lowest BCUT2D eigenvalue weighted by Crippen LogP contribution is -2.30. The zero-order valence-corrected chi connectivity index (χ0v) is 10.6. The van der Waals surface area contributed by atoms with Crippen LogP contribution in [0.4, 0.5) is 10.5 Å². The number of carboxylic acid groups (broad SMARTS) is 1. The van der Waals surface area contributed by atoms with Crippen LogP contribution in [0.1, 0.15) is 10.4 Å². The number of benzene rings is 1. The Hall–Kier alpha value is -2.68. The highest BCUT2D eigenvalue weighted by atomic mass is 16.5. The number of amides is 2. The predicted octanol–water partition coefficient (Wildman–Crippen LogP) is 1.17. The molecule has 0 aliphatic heterocycles. The first-order chi connectivity index (χ1) is 9.04. The summed E-state index contributed by atoms with van der Waals surface area (Å²) in [6.45, 7) is -0.106. The quantitative estimate of drug-likeness (QED) is 0.798. The van der Waals surface area contributed by atoms with E-state index in [1.807, 2.05) is 0 Å². The van der Waals surface area contributed by atoms with Gasteiger partial charge in [-0.05, 0) is 18.2 Å². The van der Waals surface area contributed by atoms with Crippen LogP contribution < -0.4 is 15.0 Å². The van der Waals surface area contributed by atoms with Gasteiger partial charge in [-0.3, -0.25) is 9.69 Å². The molecule has 6 heteroatoms. The predicted molar refractivity (Wildman–Crippen MR) is 70.6 cm³/mol. The summed E-state index contributed by atoms with van der Waals surface area (Å²) >= 11 is 0. The van der Waals surface area contributed by atoms with Crippen LogP contribution in [0.5, 0.6) is 5.75 Å². The molecule has 0 atom stereocenters. The molecule has 0 aliphatic rings. The Balaban J connectivity index is 3.25. The SMILES string of the molecule is C#CCN(C(=O)O)c1ccc(C(=O)NC)cc1OC. The number of anilines is 1. The maximum atomic E-state index is 11.5. The van der Waals surface area contributed by atoms with Crippen LogP contribution in [0.25, 0.3) is 0 Å². The van der Waals surface area contributed by atoms with Crippen molar-refractivity contribution in [3.8, 4) is 18.1 Å². The molecular weight excluding hydrogens is 248 g/mol. The largest absolute Gasteiger partial charge is 0.495 e. The summed E-state index contributed by atoms with van der Waals surface area (Å²) in [6.07, 6.45) is 3.95. The van der Waals surface area contributed by atoms with Crippen molar-refractivity contribution in [1.82, 2.24) is 5.32 Å². The molecule has 0 spiro atoms. The normalized spacial score (nSPS) is 9.32. The van der Waals surface area contributed by atoms with Crippen molar-refractivity contribution in [3.05, 3.63) is 23.8 Å². The van der Waals surface area contributed by atoms with Crippen molar-refractivity contribution in [1.29, 1.82) is 0 Å². The van der Waals surface area contributed by atoms with Crippen LogP contribution in [0.3, 0.4) is 0 Å². The Kier molecular flexibility index (Phi) is 4.77. The molecular formula is C13H14N2O4. The van der Waals surface area contributed by atoms with E-state index in [-0.39, 0.29) is 18.2 Å². The summed E-state index contributed by atoms with van der Waals surface area (Å²) in [5, 5.41) is 11.6. The van der Waals surface area contributed by atoms with Gasteiger partial charge in [0, 0.05) is 12.6 Å². The van der Waals surface area contributed by atoms with E-state index in [0.717, 1.165) is 4.90 Å². The molecule has 1 aromatic carbocycles. The highest BCUT2D eigenvalue weighted by Gasteiger charge is 2.19. The van der Waals surface area contributed by atoms with Gasteiger partial charge in [-0.25, -0.2) is 4.79 Å². The summed E-state index contributed by atoms with van der Waals surface area (Å²) < 4.78 is 5.10. The number of carbonyl (C=O) groups excluding carboxylic acids is 1. The van der Waals surface area contributed by atoms with Crippen LogP contribution in [-0.4, -0.2) is 37.8 Å². The highest BCUT2D eigenvalue weighted by Crippen LogP contribution is 2.29. The molecule has 0 unspecified atom stereocenters. The molecule has 6 nitrogen and oxygen atoms in total. The third kappa shape index (κ3) is 3.16. The molecule has 2 amide bonds. The minimum atomic E-state index is -1.19. The highest BCUT2D eigenvalue weighted by molar-refractivity contribution is 5.96. The summed E-state index contributed by atoms with van der Waals surface area (Å²) in [4.78, 5) is 23.6. The van der Waals surface area contributed by atoms with Gasteiger partial charge in [-0.15, -0.1) is 6.42 Å². The van der Waals surface area contributed by atoms with Crippen molar-refractivity contribution in [3.63, 3.8) is 0 Å². The number of carbonyl (C=O) groups is 2. The monoisotopic (exact) mass is 262 g/mol. The van der Waals surface area contributed by atoms with Crippen molar-refractivity contribution >= 4 is 17.7 Å². The number of nitrogens with zero attached hydrogens (tertiary/aromatic N) is 1. The van der Waals surface area contributed by atoms with E-state index >= 15 is 0 Å². The van der Waals surface area contributed by atoms with E-state index in [2.05, 4.69) is 11.2 Å². The van der Waals surface area contributed by atoms with Crippen molar-refractivity contribution in [2.45, 2.75) is 0 Å². The number of rotatable bonds is 4. The number of terminal acetylenes is 1. The third-order valence-corrected chi connectivity index (χ3v) is 2.44. The van der Waals surface area contributed by atoms with E-state index in [1.54, 1.807) is 0 Å². The first-order valence-electron chi connectivity index (χ1n) is 5.39. The van der Waals surface area contributed by atoms with E-state index in [4.69, 9.17) is 16.3 Å². The van der Waals surface area contributed by atoms with Crippen molar-refractivity contribution < 1.29 is 19.4 Å². The second kappa shape index (κ2) is 6.31. The second-order valence-electron chi connectivity index (χ2n) is 3.54. The van der Waals surface area contributed by atoms with Crippen LogP contribution in [-0.2, 0) is 0 Å². The maximum absolute atomic E-state index is 11.5. The molecule has 0 bridgehead atoms. The van der Waals surface area contributed by atoms with Crippen molar-refractivity contribution in [2.75, 3.05) is 25.6 Å². The number of ether oxygens (including phenoxy) is 1. The average Bonchev–Trinajstić information content (AvgIpc) is 2.43. The van der Waals surface area contributed by atoms with Gasteiger partial charge in [0.15, 0.2) is 0 Å². The lowest BCUT2D eigenvalue weighted by molar-refractivity contribution is 0.0962. The molecule has 0 aromatic heterocycles. The molecule has 19 heavy (non-hydrogen) atoms. The summed E-state index contributed by atoms with van der Waals surface area (Å²) in [5.41, 5.74) is 0.662. The molecule has 1 rings (SSSR count). The van der Waals surface area contributed by atoms with Gasteiger partial charge >= 0.3 is 6.09 Å². The third-order valence-electron chi connectivity index (χ3n) is 2.44. The van der Waals surface area contributed by atoms with Gasteiger partial charge in [-0.2, -0.15) is 0 Å². The molecule has 1 aromatic rings. The molecule has 0 saturated carbocycles.